The summed E-state index contributed by atoms with van der Waals surface area (Å²) in [5.41, 5.74) is 7.70. The summed E-state index contributed by atoms with van der Waals surface area (Å²) in [6, 6.07) is 7.82. The number of piperidine rings is 1. The lowest BCUT2D eigenvalue weighted by molar-refractivity contribution is 0.270. The first-order valence-corrected chi connectivity index (χ1v) is 9.08. The number of nitrogens with zero attached hydrogens (tertiary/aromatic N) is 2. The molecule has 1 unspecified atom stereocenters. The van der Waals surface area contributed by atoms with Crippen molar-refractivity contribution in [3.63, 3.8) is 0 Å². The predicted octanol–water partition coefficient (Wildman–Crippen LogP) is 1.35. The van der Waals surface area contributed by atoms with Crippen LogP contribution in [0.5, 0.6) is 0 Å². The van der Waals surface area contributed by atoms with E-state index in [0.717, 1.165) is 36.9 Å². The van der Waals surface area contributed by atoms with Crippen LogP contribution in [0, 0.1) is 5.92 Å². The molecule has 1 aromatic carbocycles. The lowest BCUT2D eigenvalue weighted by atomic mass is 10.0. The first-order valence-electron chi connectivity index (χ1n) is 7.68. The molecule has 0 amide bonds. The van der Waals surface area contributed by atoms with Gasteiger partial charge in [0.1, 0.15) is 0 Å². The van der Waals surface area contributed by atoms with Gasteiger partial charge in [-0.2, -0.15) is 12.7 Å². The van der Waals surface area contributed by atoms with Crippen molar-refractivity contribution in [2.24, 2.45) is 11.7 Å². The zero-order valence-corrected chi connectivity index (χ0v) is 13.1. The maximum atomic E-state index is 13.0. The Kier molecular flexibility index (Phi) is 4.19. The molecule has 1 fully saturated rings. The monoisotopic (exact) mass is 309 g/mol. The quantitative estimate of drug-likeness (QED) is 0.916. The van der Waals surface area contributed by atoms with Gasteiger partial charge in [0, 0.05) is 19.6 Å². The fourth-order valence-corrected chi connectivity index (χ4v) is 5.13. The summed E-state index contributed by atoms with van der Waals surface area (Å²) in [4.78, 5) is 0. The Balaban J connectivity index is 1.89. The molecule has 2 aliphatic heterocycles. The Hall–Kier alpha value is -1.11. The van der Waals surface area contributed by atoms with Gasteiger partial charge in [-0.15, -0.1) is 0 Å². The van der Waals surface area contributed by atoms with Crippen LogP contribution in [0.4, 0.5) is 5.69 Å². The third-order valence-electron chi connectivity index (χ3n) is 4.49. The van der Waals surface area contributed by atoms with Crippen molar-refractivity contribution in [1.29, 1.82) is 0 Å². The molecule has 0 saturated carbocycles. The van der Waals surface area contributed by atoms with Crippen LogP contribution >= 0.6 is 0 Å². The molecule has 2 aliphatic rings. The molecule has 21 heavy (non-hydrogen) atoms. The minimum Gasteiger partial charge on any atom is -0.330 e. The molecule has 0 bridgehead atoms. The number of benzene rings is 1. The summed E-state index contributed by atoms with van der Waals surface area (Å²) in [5, 5.41) is 0. The molecular formula is C15H23N3O2S. The van der Waals surface area contributed by atoms with Crippen molar-refractivity contribution >= 4 is 15.9 Å². The van der Waals surface area contributed by atoms with Crippen LogP contribution in [0.3, 0.4) is 0 Å². The molecule has 2 heterocycles. The Morgan fingerprint density at radius 1 is 1.19 bits per heavy atom. The van der Waals surface area contributed by atoms with E-state index < -0.39 is 10.2 Å². The number of anilines is 1. The number of hydrogen-bond acceptors (Lipinski definition) is 3. The maximum Gasteiger partial charge on any atom is 0.304 e. The summed E-state index contributed by atoms with van der Waals surface area (Å²) < 4.78 is 29.2. The van der Waals surface area contributed by atoms with E-state index in [9.17, 15) is 8.42 Å². The highest BCUT2D eigenvalue weighted by molar-refractivity contribution is 7.90. The van der Waals surface area contributed by atoms with E-state index in [1.807, 2.05) is 24.3 Å². The second kappa shape index (κ2) is 5.94. The summed E-state index contributed by atoms with van der Waals surface area (Å²) in [5.74, 6) is 0.286. The number of fused-ring (bicyclic) bond motifs is 1. The molecule has 0 spiro atoms. The van der Waals surface area contributed by atoms with Gasteiger partial charge in [-0.05, 0) is 49.8 Å². The molecule has 0 aromatic heterocycles. The second-order valence-electron chi connectivity index (χ2n) is 5.91. The minimum atomic E-state index is -3.43. The Bertz CT molecular complexity index is 603. The van der Waals surface area contributed by atoms with Crippen LogP contribution in [-0.4, -0.2) is 38.9 Å². The van der Waals surface area contributed by atoms with Gasteiger partial charge in [0.25, 0.3) is 0 Å². The predicted molar refractivity (Wildman–Crippen MR) is 84.4 cm³/mol. The molecule has 0 radical (unpaired) electrons. The first-order chi connectivity index (χ1) is 10.1. The van der Waals surface area contributed by atoms with Crippen LogP contribution in [0.2, 0.25) is 0 Å². The molecular weight excluding hydrogens is 286 g/mol. The van der Waals surface area contributed by atoms with E-state index in [2.05, 4.69) is 0 Å². The molecule has 1 atom stereocenters. The number of nitrogens with two attached hydrogens (primary N) is 1. The van der Waals surface area contributed by atoms with Gasteiger partial charge in [-0.3, -0.25) is 4.31 Å². The van der Waals surface area contributed by atoms with Crippen LogP contribution in [-0.2, 0) is 16.6 Å². The van der Waals surface area contributed by atoms with E-state index in [1.54, 1.807) is 8.61 Å². The third kappa shape index (κ3) is 2.80. The van der Waals surface area contributed by atoms with Gasteiger partial charge in [-0.25, -0.2) is 0 Å². The van der Waals surface area contributed by atoms with Crippen molar-refractivity contribution in [1.82, 2.24) is 4.31 Å². The zero-order chi connectivity index (χ0) is 14.9. The first kappa shape index (κ1) is 14.8. The normalized spacial score (nSPS) is 23.9. The van der Waals surface area contributed by atoms with Crippen molar-refractivity contribution in [3.8, 4) is 0 Å². The highest BCUT2D eigenvalue weighted by Gasteiger charge is 2.35. The molecule has 6 heteroatoms. The summed E-state index contributed by atoms with van der Waals surface area (Å²) >= 11 is 0. The van der Waals surface area contributed by atoms with Gasteiger partial charge in [0.15, 0.2) is 0 Å². The van der Waals surface area contributed by atoms with Gasteiger partial charge < -0.3 is 5.73 Å². The number of aryl methyl sites for hydroxylation is 1. The van der Waals surface area contributed by atoms with Crippen molar-refractivity contribution in [2.75, 3.05) is 30.5 Å². The molecule has 0 aliphatic carbocycles. The van der Waals surface area contributed by atoms with E-state index in [-0.39, 0.29) is 5.92 Å². The second-order valence-corrected chi connectivity index (χ2v) is 7.77. The van der Waals surface area contributed by atoms with E-state index >= 15 is 0 Å². The lowest BCUT2D eigenvalue weighted by Gasteiger charge is -2.38. The minimum absolute atomic E-state index is 0.286. The number of hydrogen-bond donors (Lipinski definition) is 1. The lowest BCUT2D eigenvalue weighted by Crippen LogP contribution is -2.50. The van der Waals surface area contributed by atoms with Crippen LogP contribution < -0.4 is 10.0 Å². The van der Waals surface area contributed by atoms with E-state index in [1.165, 1.54) is 0 Å². The zero-order valence-electron chi connectivity index (χ0n) is 12.2. The average Bonchev–Trinajstić information content (AvgIpc) is 2.54. The molecule has 116 valence electrons. The largest absolute Gasteiger partial charge is 0.330 e. The standard InChI is InChI=1S/C15H23N3O2S/c16-11-13-5-3-9-17(12-13)21(19,20)18-10-4-7-14-6-1-2-8-15(14)18/h1-2,6,8,13H,3-5,7,9-12,16H2. The van der Waals surface area contributed by atoms with E-state index in [4.69, 9.17) is 5.73 Å². The molecule has 1 saturated heterocycles. The topological polar surface area (TPSA) is 66.6 Å². The van der Waals surface area contributed by atoms with E-state index in [0.29, 0.717) is 26.2 Å². The van der Waals surface area contributed by atoms with Gasteiger partial charge in [0.05, 0.1) is 5.69 Å². The van der Waals surface area contributed by atoms with Crippen molar-refractivity contribution in [3.05, 3.63) is 29.8 Å². The third-order valence-corrected chi connectivity index (χ3v) is 6.41. The van der Waals surface area contributed by atoms with Gasteiger partial charge >= 0.3 is 10.2 Å². The fraction of sp³-hybridized carbons (Fsp3) is 0.600. The molecule has 2 N–H and O–H groups in total. The molecule has 3 rings (SSSR count). The van der Waals surface area contributed by atoms with Crippen LogP contribution in [0.25, 0.3) is 0 Å². The SMILES string of the molecule is NCC1CCCN(S(=O)(=O)N2CCCc3ccccc32)C1. The van der Waals surface area contributed by atoms with Crippen LogP contribution in [0.1, 0.15) is 24.8 Å². The maximum absolute atomic E-state index is 13.0. The number of para-hydroxylation sites is 1. The summed E-state index contributed by atoms with van der Waals surface area (Å²) in [6.07, 6.45) is 3.76. The smallest absolute Gasteiger partial charge is 0.304 e. The Morgan fingerprint density at radius 3 is 2.81 bits per heavy atom. The van der Waals surface area contributed by atoms with Crippen molar-refractivity contribution in [2.45, 2.75) is 25.7 Å². The Labute approximate surface area is 126 Å². The summed E-state index contributed by atoms with van der Waals surface area (Å²) in [6.45, 7) is 2.29. The summed E-state index contributed by atoms with van der Waals surface area (Å²) in [7, 11) is -3.43. The molecule has 5 nitrogen and oxygen atoms in total. The highest BCUT2D eigenvalue weighted by atomic mass is 32.2. The van der Waals surface area contributed by atoms with Gasteiger partial charge in [-0.1, -0.05) is 18.2 Å². The highest BCUT2D eigenvalue weighted by Crippen LogP contribution is 2.31. The fourth-order valence-electron chi connectivity index (χ4n) is 3.31. The average molecular weight is 309 g/mol. The van der Waals surface area contributed by atoms with Crippen molar-refractivity contribution < 1.29 is 8.42 Å². The number of rotatable bonds is 3. The molecule has 1 aromatic rings. The Morgan fingerprint density at radius 2 is 2.00 bits per heavy atom. The van der Waals surface area contributed by atoms with Gasteiger partial charge in [0.2, 0.25) is 0 Å². The van der Waals surface area contributed by atoms with Crippen LogP contribution in [0.15, 0.2) is 24.3 Å².